The maximum absolute atomic E-state index is 7.00. The summed E-state index contributed by atoms with van der Waals surface area (Å²) in [6.45, 7) is 0. The highest BCUT2D eigenvalue weighted by atomic mass is 16.2. The summed E-state index contributed by atoms with van der Waals surface area (Å²) in [5.41, 5.74) is 9.18. The predicted octanol–water partition coefficient (Wildman–Crippen LogP) is 7.94. The molecule has 0 bridgehead atoms. The molecule has 0 saturated heterocycles. The van der Waals surface area contributed by atoms with Crippen LogP contribution in [0, 0.1) is 0 Å². The molecular weight excluding hydrogens is 400 g/mol. The average Bonchev–Trinajstić information content (AvgIpc) is 3.34. The van der Waals surface area contributed by atoms with E-state index in [4.69, 9.17) is 5.11 Å². The Morgan fingerprint density at radius 3 is 1.97 bits per heavy atom. The summed E-state index contributed by atoms with van der Waals surface area (Å²) in [7, 11) is 1.00. The molecule has 0 radical (unpaired) electrons. The summed E-state index contributed by atoms with van der Waals surface area (Å²) in [5.74, 6) is 0.282. The maximum atomic E-state index is 7.00. The van der Waals surface area contributed by atoms with Crippen LogP contribution in [0.2, 0.25) is 0 Å². The van der Waals surface area contributed by atoms with Crippen LogP contribution in [0.25, 0.3) is 39.1 Å². The fourth-order valence-electron chi connectivity index (χ4n) is 4.85. The fraction of sp³-hybridized carbons (Fsp3) is 0.0625. The molecule has 0 amide bonds. The Bertz CT molecular complexity index is 1410. The summed E-state index contributed by atoms with van der Waals surface area (Å²) < 4.78 is 0. The molecule has 1 N–H and O–H groups in total. The molecule has 1 aliphatic rings. The minimum Gasteiger partial charge on any atom is -0.400 e. The second-order valence-electron chi connectivity index (χ2n) is 8.16. The van der Waals surface area contributed by atoms with Crippen LogP contribution in [0.3, 0.4) is 0 Å². The molecule has 1 nitrogen and oxygen atoms in total. The highest BCUT2D eigenvalue weighted by Crippen LogP contribution is 2.43. The molecule has 1 atom stereocenters. The van der Waals surface area contributed by atoms with Gasteiger partial charge < -0.3 is 5.11 Å². The van der Waals surface area contributed by atoms with Gasteiger partial charge in [0, 0.05) is 13.0 Å². The van der Waals surface area contributed by atoms with Gasteiger partial charge in [-0.05, 0) is 49.7 Å². The summed E-state index contributed by atoms with van der Waals surface area (Å²) in [6, 6.07) is 41.7. The van der Waals surface area contributed by atoms with Crippen LogP contribution < -0.4 is 0 Å². The van der Waals surface area contributed by atoms with Gasteiger partial charge in [0.2, 0.25) is 0 Å². The lowest BCUT2D eigenvalue weighted by molar-refractivity contribution is 0.399. The van der Waals surface area contributed by atoms with Gasteiger partial charge in [0.25, 0.3) is 0 Å². The first-order valence-electron chi connectivity index (χ1n) is 11.3. The zero-order chi connectivity index (χ0) is 22.6. The van der Waals surface area contributed by atoms with E-state index >= 15 is 0 Å². The second-order valence-corrected chi connectivity index (χ2v) is 8.16. The number of hydrogen-bond acceptors (Lipinski definition) is 1. The molecular formula is C32H26O. The van der Waals surface area contributed by atoms with E-state index in [1.807, 2.05) is 0 Å². The lowest BCUT2D eigenvalue weighted by atomic mass is 9.84. The van der Waals surface area contributed by atoms with Crippen molar-refractivity contribution < 1.29 is 5.11 Å². The Labute approximate surface area is 195 Å². The van der Waals surface area contributed by atoms with Crippen LogP contribution >= 0.6 is 0 Å². The van der Waals surface area contributed by atoms with Gasteiger partial charge in [0.1, 0.15) is 0 Å². The van der Waals surface area contributed by atoms with Crippen molar-refractivity contribution in [1.29, 1.82) is 0 Å². The summed E-state index contributed by atoms with van der Waals surface area (Å²) in [6.07, 6.45) is 4.61. The van der Waals surface area contributed by atoms with Gasteiger partial charge in [0.15, 0.2) is 0 Å². The molecule has 0 fully saturated rings. The maximum Gasteiger partial charge on any atom is 0.0319 e. The Kier molecular flexibility index (Phi) is 5.89. The van der Waals surface area contributed by atoms with Crippen LogP contribution in [0.5, 0.6) is 0 Å². The number of aliphatic hydroxyl groups excluding tert-OH is 1. The molecule has 0 spiro atoms. The summed E-state index contributed by atoms with van der Waals surface area (Å²) >= 11 is 0. The van der Waals surface area contributed by atoms with Gasteiger partial charge in [0.05, 0.1) is 0 Å². The van der Waals surface area contributed by atoms with Crippen molar-refractivity contribution in [3.63, 3.8) is 0 Å². The van der Waals surface area contributed by atoms with Gasteiger partial charge >= 0.3 is 0 Å². The van der Waals surface area contributed by atoms with Crippen molar-refractivity contribution in [3.05, 3.63) is 138 Å². The standard InChI is InChI=1S/C31H22.CH4O/c1-2-8-22(9-3-1)23-14-16-26(17-15-23)31-28-13-7-5-11-25(28)19-21-30(31)29-20-18-24-10-4-6-12-27(24)29;1-2/h1-21,29H;2H,1H3. The quantitative estimate of drug-likeness (QED) is 0.310. The SMILES string of the molecule is C1=CC(c2ccc3ccccc3c2-c2ccc(-c3ccccc3)cc2)c2ccccc21.CO. The van der Waals surface area contributed by atoms with Crippen molar-refractivity contribution in [2.45, 2.75) is 5.92 Å². The molecule has 160 valence electrons. The Hall–Kier alpha value is -3.94. The summed E-state index contributed by atoms with van der Waals surface area (Å²) in [5, 5.41) is 9.59. The van der Waals surface area contributed by atoms with E-state index in [1.165, 1.54) is 49.7 Å². The first-order chi connectivity index (χ1) is 16.4. The molecule has 0 aromatic heterocycles. The van der Waals surface area contributed by atoms with E-state index in [9.17, 15) is 0 Å². The largest absolute Gasteiger partial charge is 0.400 e. The third-order valence-electron chi connectivity index (χ3n) is 6.38. The molecule has 0 aliphatic heterocycles. The van der Waals surface area contributed by atoms with Gasteiger partial charge in [-0.2, -0.15) is 0 Å². The van der Waals surface area contributed by atoms with Crippen LogP contribution in [0.1, 0.15) is 22.6 Å². The molecule has 6 rings (SSSR count). The third-order valence-corrected chi connectivity index (χ3v) is 6.38. The van der Waals surface area contributed by atoms with Crippen molar-refractivity contribution in [2.75, 3.05) is 7.11 Å². The second kappa shape index (κ2) is 9.28. The van der Waals surface area contributed by atoms with Gasteiger partial charge in [-0.3, -0.25) is 0 Å². The lowest BCUT2D eigenvalue weighted by Gasteiger charge is -2.19. The molecule has 0 heterocycles. The van der Waals surface area contributed by atoms with E-state index in [-0.39, 0.29) is 5.92 Å². The molecule has 1 heteroatoms. The van der Waals surface area contributed by atoms with Gasteiger partial charge in [-0.25, -0.2) is 0 Å². The fourth-order valence-corrected chi connectivity index (χ4v) is 4.85. The number of allylic oxidation sites excluding steroid dienone is 1. The molecule has 1 unspecified atom stereocenters. The number of hydrogen-bond donors (Lipinski definition) is 1. The number of rotatable bonds is 3. The minimum atomic E-state index is 0.282. The molecule has 0 saturated carbocycles. The van der Waals surface area contributed by atoms with E-state index in [0.29, 0.717) is 0 Å². The van der Waals surface area contributed by atoms with Crippen molar-refractivity contribution in [1.82, 2.24) is 0 Å². The number of benzene rings is 5. The van der Waals surface area contributed by atoms with Gasteiger partial charge in [-0.1, -0.05) is 127 Å². The van der Waals surface area contributed by atoms with Crippen molar-refractivity contribution in [3.8, 4) is 22.3 Å². The first kappa shape index (κ1) is 20.9. The van der Waals surface area contributed by atoms with E-state index < -0.39 is 0 Å². The molecule has 33 heavy (non-hydrogen) atoms. The van der Waals surface area contributed by atoms with Gasteiger partial charge in [-0.15, -0.1) is 0 Å². The highest BCUT2D eigenvalue weighted by molar-refractivity contribution is 5.99. The molecule has 5 aromatic carbocycles. The topological polar surface area (TPSA) is 20.2 Å². The Balaban J connectivity index is 0.00000111. The number of fused-ring (bicyclic) bond motifs is 2. The van der Waals surface area contributed by atoms with Crippen LogP contribution in [-0.4, -0.2) is 12.2 Å². The summed E-state index contributed by atoms with van der Waals surface area (Å²) in [4.78, 5) is 0. The van der Waals surface area contributed by atoms with Crippen molar-refractivity contribution >= 4 is 16.8 Å². The molecule has 5 aromatic rings. The Morgan fingerprint density at radius 2 is 1.15 bits per heavy atom. The van der Waals surface area contributed by atoms with Crippen LogP contribution in [-0.2, 0) is 0 Å². The smallest absolute Gasteiger partial charge is 0.0319 e. The predicted molar refractivity (Wildman–Crippen MR) is 140 cm³/mol. The highest BCUT2D eigenvalue weighted by Gasteiger charge is 2.23. The number of aliphatic hydroxyl groups is 1. The van der Waals surface area contributed by atoms with E-state index in [1.54, 1.807) is 0 Å². The third kappa shape index (κ3) is 3.88. The van der Waals surface area contributed by atoms with Crippen molar-refractivity contribution in [2.24, 2.45) is 0 Å². The van der Waals surface area contributed by atoms with E-state index in [0.717, 1.165) is 7.11 Å². The van der Waals surface area contributed by atoms with E-state index in [2.05, 4.69) is 127 Å². The first-order valence-corrected chi connectivity index (χ1v) is 11.3. The monoisotopic (exact) mass is 426 g/mol. The molecule has 1 aliphatic carbocycles. The normalized spacial score (nSPS) is 13.9. The van der Waals surface area contributed by atoms with Crippen LogP contribution in [0.15, 0.2) is 121 Å². The lowest BCUT2D eigenvalue weighted by Crippen LogP contribution is -1.99. The average molecular weight is 427 g/mol. The minimum absolute atomic E-state index is 0.282. The zero-order valence-electron chi connectivity index (χ0n) is 18.6. The zero-order valence-corrected chi connectivity index (χ0v) is 18.6. The Morgan fingerprint density at radius 1 is 0.515 bits per heavy atom. The van der Waals surface area contributed by atoms with Crippen LogP contribution in [0.4, 0.5) is 0 Å².